The van der Waals surface area contributed by atoms with Crippen LogP contribution < -0.4 is 15.5 Å². The largest absolute Gasteiger partial charge is 0.435 e. The van der Waals surface area contributed by atoms with E-state index in [1.54, 1.807) is 6.20 Å². The van der Waals surface area contributed by atoms with Gasteiger partial charge in [0.2, 0.25) is 0 Å². The van der Waals surface area contributed by atoms with E-state index in [0.29, 0.717) is 12.5 Å². The quantitative estimate of drug-likeness (QED) is 0.349. The van der Waals surface area contributed by atoms with Crippen LogP contribution in [-0.4, -0.2) is 46.4 Å². The molecule has 0 bridgehead atoms. The second-order valence-corrected chi connectivity index (χ2v) is 6.96. The van der Waals surface area contributed by atoms with Crippen molar-refractivity contribution in [2.75, 3.05) is 24.5 Å². The second kappa shape index (κ2) is 10.8. The molecule has 1 aliphatic rings. The smallest absolute Gasteiger partial charge is 0.357 e. The van der Waals surface area contributed by atoms with Gasteiger partial charge < -0.3 is 15.5 Å². The summed E-state index contributed by atoms with van der Waals surface area (Å²) in [5.41, 5.74) is -0.828. The SMILES string of the molecule is CCNC(=NCc1cn(C)nc1C(F)(F)F)NC1CCN(c2ccccn2)CC1.I. The van der Waals surface area contributed by atoms with Gasteiger partial charge in [-0.25, -0.2) is 9.98 Å². The van der Waals surface area contributed by atoms with Crippen molar-refractivity contribution in [2.45, 2.75) is 38.5 Å². The normalized spacial score (nSPS) is 15.6. The number of rotatable bonds is 5. The monoisotopic (exact) mass is 537 g/mol. The molecule has 1 fully saturated rings. The van der Waals surface area contributed by atoms with Gasteiger partial charge in [-0.05, 0) is 31.9 Å². The van der Waals surface area contributed by atoms with Crippen LogP contribution in [0.2, 0.25) is 0 Å². The average Bonchev–Trinajstić information content (AvgIpc) is 3.09. The minimum absolute atomic E-state index is 0. The van der Waals surface area contributed by atoms with Gasteiger partial charge in [-0.3, -0.25) is 4.68 Å². The lowest BCUT2D eigenvalue weighted by molar-refractivity contribution is -0.142. The Morgan fingerprint density at radius 3 is 2.60 bits per heavy atom. The number of aliphatic imine (C=N–C) groups is 1. The number of halogens is 4. The van der Waals surface area contributed by atoms with Crippen molar-refractivity contribution in [3.05, 3.63) is 41.9 Å². The summed E-state index contributed by atoms with van der Waals surface area (Å²) in [5.74, 6) is 1.48. The zero-order chi connectivity index (χ0) is 20.9. The Hall–Kier alpha value is -2.05. The van der Waals surface area contributed by atoms with Gasteiger partial charge in [0, 0.05) is 50.7 Å². The van der Waals surface area contributed by atoms with Crippen molar-refractivity contribution in [1.82, 2.24) is 25.4 Å². The molecule has 1 aliphatic heterocycles. The number of hydrogen-bond donors (Lipinski definition) is 2. The van der Waals surface area contributed by atoms with E-state index in [1.165, 1.54) is 17.9 Å². The predicted molar refractivity (Wildman–Crippen MR) is 121 cm³/mol. The van der Waals surface area contributed by atoms with E-state index in [-0.39, 0.29) is 42.1 Å². The Bertz CT molecular complexity index is 815. The predicted octanol–water partition coefficient (Wildman–Crippen LogP) is 3.18. The summed E-state index contributed by atoms with van der Waals surface area (Å²) >= 11 is 0. The molecule has 0 radical (unpaired) electrons. The number of nitrogens with one attached hydrogen (secondary N) is 2. The van der Waals surface area contributed by atoms with E-state index < -0.39 is 11.9 Å². The molecule has 11 heteroatoms. The van der Waals surface area contributed by atoms with Gasteiger partial charge in [-0.1, -0.05) is 6.07 Å². The van der Waals surface area contributed by atoms with Crippen LogP contribution >= 0.6 is 24.0 Å². The maximum atomic E-state index is 13.1. The van der Waals surface area contributed by atoms with Gasteiger partial charge in [0.15, 0.2) is 11.7 Å². The standard InChI is InChI=1S/C19H26F3N7.HI/c1-3-23-18(25-12-14-13-28(2)27-17(14)19(20,21)22)26-15-7-10-29(11-8-15)16-6-4-5-9-24-16;/h4-6,9,13,15H,3,7-8,10-12H2,1-2H3,(H2,23,25,26);1H. The van der Waals surface area contributed by atoms with Crippen LogP contribution in [0, 0.1) is 0 Å². The molecule has 0 aliphatic carbocycles. The summed E-state index contributed by atoms with van der Waals surface area (Å²) in [7, 11) is 1.47. The molecule has 0 spiro atoms. The molecule has 7 nitrogen and oxygen atoms in total. The molecule has 2 aromatic rings. The van der Waals surface area contributed by atoms with Crippen LogP contribution in [0.25, 0.3) is 0 Å². The third kappa shape index (κ3) is 6.47. The highest BCUT2D eigenvalue weighted by Crippen LogP contribution is 2.30. The fourth-order valence-corrected chi connectivity index (χ4v) is 3.36. The Balaban J connectivity index is 0.00000320. The van der Waals surface area contributed by atoms with Gasteiger partial charge in [-0.2, -0.15) is 18.3 Å². The molecule has 0 atom stereocenters. The Morgan fingerprint density at radius 2 is 2.00 bits per heavy atom. The lowest BCUT2D eigenvalue weighted by atomic mass is 10.1. The summed E-state index contributed by atoms with van der Waals surface area (Å²) in [6.45, 7) is 4.17. The highest BCUT2D eigenvalue weighted by Gasteiger charge is 2.36. The Morgan fingerprint density at radius 1 is 1.27 bits per heavy atom. The number of piperidine rings is 1. The number of aromatic nitrogens is 3. The van der Waals surface area contributed by atoms with Gasteiger partial charge >= 0.3 is 6.18 Å². The second-order valence-electron chi connectivity index (χ2n) is 6.96. The fourth-order valence-electron chi connectivity index (χ4n) is 3.36. The molecule has 166 valence electrons. The average molecular weight is 537 g/mol. The molecule has 3 rings (SSSR count). The first-order valence-electron chi connectivity index (χ1n) is 9.67. The first-order chi connectivity index (χ1) is 13.9. The molecule has 3 heterocycles. The topological polar surface area (TPSA) is 70.4 Å². The number of nitrogens with zero attached hydrogens (tertiary/aromatic N) is 5. The fraction of sp³-hybridized carbons (Fsp3) is 0.526. The molecular weight excluding hydrogens is 510 g/mol. The minimum Gasteiger partial charge on any atom is -0.357 e. The maximum absolute atomic E-state index is 13.1. The van der Waals surface area contributed by atoms with Gasteiger partial charge in [-0.15, -0.1) is 24.0 Å². The van der Waals surface area contributed by atoms with E-state index in [4.69, 9.17) is 0 Å². The molecule has 0 aromatic carbocycles. The van der Waals surface area contributed by atoms with Crippen molar-refractivity contribution >= 4 is 35.8 Å². The van der Waals surface area contributed by atoms with E-state index in [2.05, 4.69) is 30.6 Å². The summed E-state index contributed by atoms with van der Waals surface area (Å²) in [5, 5.41) is 9.99. The number of pyridine rings is 1. The number of guanidine groups is 1. The third-order valence-corrected chi connectivity index (χ3v) is 4.73. The maximum Gasteiger partial charge on any atom is 0.435 e. The molecule has 2 aromatic heterocycles. The summed E-state index contributed by atoms with van der Waals surface area (Å²) in [6.07, 6.45) is 0.435. The molecule has 2 N–H and O–H groups in total. The Kier molecular flexibility index (Phi) is 8.74. The Labute approximate surface area is 191 Å². The molecule has 0 unspecified atom stereocenters. The van der Waals surface area contributed by atoms with Gasteiger partial charge in [0.1, 0.15) is 5.82 Å². The lowest BCUT2D eigenvalue weighted by Gasteiger charge is -2.33. The first kappa shape index (κ1) is 24.2. The van der Waals surface area contributed by atoms with Crippen molar-refractivity contribution in [2.24, 2.45) is 12.0 Å². The molecule has 0 saturated carbocycles. The van der Waals surface area contributed by atoms with Gasteiger partial charge in [0.25, 0.3) is 0 Å². The van der Waals surface area contributed by atoms with Crippen molar-refractivity contribution in [1.29, 1.82) is 0 Å². The third-order valence-electron chi connectivity index (χ3n) is 4.73. The molecule has 1 saturated heterocycles. The summed E-state index contributed by atoms with van der Waals surface area (Å²) in [6, 6.07) is 6.05. The van der Waals surface area contributed by atoms with Crippen LogP contribution in [-0.2, 0) is 19.8 Å². The zero-order valence-corrected chi connectivity index (χ0v) is 19.3. The van der Waals surface area contributed by atoms with E-state index in [1.807, 2.05) is 25.1 Å². The highest BCUT2D eigenvalue weighted by molar-refractivity contribution is 14.0. The summed E-state index contributed by atoms with van der Waals surface area (Å²) in [4.78, 5) is 11.0. The number of alkyl halides is 3. The number of anilines is 1. The van der Waals surface area contributed by atoms with Crippen LogP contribution in [0.5, 0.6) is 0 Å². The summed E-state index contributed by atoms with van der Waals surface area (Å²) < 4.78 is 40.5. The minimum atomic E-state index is -4.49. The lowest BCUT2D eigenvalue weighted by Crippen LogP contribution is -2.48. The molecule has 0 amide bonds. The first-order valence-corrected chi connectivity index (χ1v) is 9.67. The van der Waals surface area contributed by atoms with Crippen LogP contribution in [0.4, 0.5) is 19.0 Å². The zero-order valence-electron chi connectivity index (χ0n) is 17.0. The van der Waals surface area contributed by atoms with Crippen molar-refractivity contribution in [3.8, 4) is 0 Å². The van der Waals surface area contributed by atoms with Crippen molar-refractivity contribution < 1.29 is 13.2 Å². The number of hydrogen-bond acceptors (Lipinski definition) is 4. The van der Waals surface area contributed by atoms with Crippen LogP contribution in [0.15, 0.2) is 35.6 Å². The van der Waals surface area contributed by atoms with Gasteiger partial charge in [0.05, 0.1) is 6.54 Å². The molecular formula is C19H27F3IN7. The highest BCUT2D eigenvalue weighted by atomic mass is 127. The van der Waals surface area contributed by atoms with Crippen molar-refractivity contribution in [3.63, 3.8) is 0 Å². The van der Waals surface area contributed by atoms with E-state index in [9.17, 15) is 13.2 Å². The van der Waals surface area contributed by atoms with E-state index in [0.717, 1.165) is 31.7 Å². The van der Waals surface area contributed by atoms with Crippen LogP contribution in [0.3, 0.4) is 0 Å². The number of aryl methyl sites for hydroxylation is 1. The molecule has 30 heavy (non-hydrogen) atoms. The van der Waals surface area contributed by atoms with Crippen LogP contribution in [0.1, 0.15) is 31.0 Å². The van der Waals surface area contributed by atoms with E-state index >= 15 is 0 Å².